The van der Waals surface area contributed by atoms with E-state index in [1.807, 2.05) is 13.0 Å². The summed E-state index contributed by atoms with van der Waals surface area (Å²) in [5, 5.41) is 3.97. The molecule has 0 bridgehead atoms. The minimum atomic E-state index is -0.205. The minimum absolute atomic E-state index is 0.205. The summed E-state index contributed by atoms with van der Waals surface area (Å²) >= 11 is 0. The van der Waals surface area contributed by atoms with Gasteiger partial charge in [-0.2, -0.15) is 4.98 Å². The molecule has 0 saturated carbocycles. The second-order valence-corrected chi connectivity index (χ2v) is 4.88. The Hall–Kier alpha value is -1.75. The van der Waals surface area contributed by atoms with Gasteiger partial charge in [-0.05, 0) is 30.9 Å². The molecule has 0 aliphatic carbocycles. The summed E-state index contributed by atoms with van der Waals surface area (Å²) in [6.45, 7) is 6.21. The number of nitrogens with two attached hydrogens (primary N) is 1. The highest BCUT2D eigenvalue weighted by atomic mass is 16.5. The topological polar surface area (TPSA) is 77.8 Å². The van der Waals surface area contributed by atoms with Gasteiger partial charge in [0.1, 0.15) is 0 Å². The molecule has 1 atom stereocenters. The van der Waals surface area contributed by atoms with Gasteiger partial charge in [-0.1, -0.05) is 19.0 Å². The molecule has 2 heterocycles. The number of hydrogen-bond acceptors (Lipinski definition) is 5. The Labute approximate surface area is 106 Å². The van der Waals surface area contributed by atoms with Gasteiger partial charge in [-0.25, -0.2) is 0 Å². The highest BCUT2D eigenvalue weighted by Gasteiger charge is 2.17. The Morgan fingerprint density at radius 2 is 2.17 bits per heavy atom. The molecule has 96 valence electrons. The lowest BCUT2D eigenvalue weighted by molar-refractivity contribution is 0.335. The fourth-order valence-electron chi connectivity index (χ4n) is 1.80. The van der Waals surface area contributed by atoms with Crippen molar-refractivity contribution in [3.8, 4) is 11.4 Å². The molecule has 0 aliphatic rings. The summed E-state index contributed by atoms with van der Waals surface area (Å²) in [5.41, 5.74) is 7.96. The van der Waals surface area contributed by atoms with Crippen LogP contribution in [0, 0.1) is 12.8 Å². The molecule has 0 radical (unpaired) electrons. The molecule has 0 amide bonds. The SMILES string of the molecule is Cc1ccncc1-c1noc(C(N)CC(C)C)n1. The van der Waals surface area contributed by atoms with Crippen molar-refractivity contribution in [2.75, 3.05) is 0 Å². The zero-order chi connectivity index (χ0) is 13.1. The van der Waals surface area contributed by atoms with Crippen molar-refractivity contribution in [2.24, 2.45) is 11.7 Å². The largest absolute Gasteiger partial charge is 0.337 e. The van der Waals surface area contributed by atoms with Gasteiger partial charge in [0.15, 0.2) is 0 Å². The normalized spacial score (nSPS) is 12.9. The van der Waals surface area contributed by atoms with Crippen LogP contribution in [0.1, 0.15) is 37.8 Å². The number of aryl methyl sites for hydroxylation is 1. The monoisotopic (exact) mass is 246 g/mol. The molecule has 5 heteroatoms. The Morgan fingerprint density at radius 3 is 2.83 bits per heavy atom. The van der Waals surface area contributed by atoms with Gasteiger partial charge in [0.2, 0.25) is 11.7 Å². The van der Waals surface area contributed by atoms with E-state index in [2.05, 4.69) is 29.0 Å². The van der Waals surface area contributed by atoms with Crippen molar-refractivity contribution in [1.29, 1.82) is 0 Å². The number of pyridine rings is 1. The average molecular weight is 246 g/mol. The minimum Gasteiger partial charge on any atom is -0.337 e. The third-order valence-electron chi connectivity index (χ3n) is 2.76. The number of nitrogens with zero attached hydrogens (tertiary/aromatic N) is 3. The van der Waals surface area contributed by atoms with Gasteiger partial charge in [0.05, 0.1) is 6.04 Å². The van der Waals surface area contributed by atoms with E-state index in [0.29, 0.717) is 17.6 Å². The van der Waals surface area contributed by atoms with Crippen LogP contribution in [0.15, 0.2) is 23.0 Å². The van der Waals surface area contributed by atoms with E-state index in [1.165, 1.54) is 0 Å². The molecule has 2 aromatic heterocycles. The molecule has 18 heavy (non-hydrogen) atoms. The number of rotatable bonds is 4. The summed E-state index contributed by atoms with van der Waals surface area (Å²) in [4.78, 5) is 8.42. The Morgan fingerprint density at radius 1 is 1.39 bits per heavy atom. The molecule has 5 nitrogen and oxygen atoms in total. The predicted octanol–water partition coefficient (Wildman–Crippen LogP) is 2.49. The van der Waals surface area contributed by atoms with Crippen LogP contribution in [-0.2, 0) is 0 Å². The van der Waals surface area contributed by atoms with E-state index in [9.17, 15) is 0 Å². The van der Waals surface area contributed by atoms with Gasteiger partial charge < -0.3 is 10.3 Å². The van der Waals surface area contributed by atoms with Crippen LogP contribution >= 0.6 is 0 Å². The van der Waals surface area contributed by atoms with Crippen LogP contribution in [0.3, 0.4) is 0 Å². The molecule has 0 saturated heterocycles. The van der Waals surface area contributed by atoms with E-state index >= 15 is 0 Å². The first-order valence-corrected chi connectivity index (χ1v) is 6.08. The zero-order valence-electron chi connectivity index (χ0n) is 10.9. The second-order valence-electron chi connectivity index (χ2n) is 4.88. The first kappa shape index (κ1) is 12.7. The molecule has 0 spiro atoms. The highest BCUT2D eigenvalue weighted by Crippen LogP contribution is 2.22. The van der Waals surface area contributed by atoms with Gasteiger partial charge in [-0.3, -0.25) is 4.98 Å². The van der Waals surface area contributed by atoms with Gasteiger partial charge >= 0.3 is 0 Å². The molecule has 0 aliphatic heterocycles. The second kappa shape index (κ2) is 5.27. The molecule has 2 aromatic rings. The summed E-state index contributed by atoms with van der Waals surface area (Å²) in [5.74, 6) is 1.53. The Bertz CT molecular complexity index is 521. The molecule has 1 unspecified atom stereocenters. The first-order chi connectivity index (χ1) is 8.58. The molecular weight excluding hydrogens is 228 g/mol. The lowest BCUT2D eigenvalue weighted by Crippen LogP contribution is -2.13. The lowest BCUT2D eigenvalue weighted by atomic mass is 10.0. The average Bonchev–Trinajstić information content (AvgIpc) is 2.78. The van der Waals surface area contributed by atoms with Crippen molar-refractivity contribution in [1.82, 2.24) is 15.1 Å². The van der Waals surface area contributed by atoms with E-state index in [-0.39, 0.29) is 6.04 Å². The van der Waals surface area contributed by atoms with Crippen LogP contribution in [0.2, 0.25) is 0 Å². The van der Waals surface area contributed by atoms with Crippen molar-refractivity contribution >= 4 is 0 Å². The summed E-state index contributed by atoms with van der Waals surface area (Å²) in [6.07, 6.45) is 4.30. The lowest BCUT2D eigenvalue weighted by Gasteiger charge is -2.08. The van der Waals surface area contributed by atoms with Crippen molar-refractivity contribution in [3.05, 3.63) is 29.9 Å². The first-order valence-electron chi connectivity index (χ1n) is 6.08. The summed E-state index contributed by atoms with van der Waals surface area (Å²) in [6, 6.07) is 1.71. The van der Waals surface area contributed by atoms with E-state index in [0.717, 1.165) is 17.5 Å². The van der Waals surface area contributed by atoms with E-state index in [1.54, 1.807) is 12.4 Å². The van der Waals surface area contributed by atoms with Crippen molar-refractivity contribution in [2.45, 2.75) is 33.2 Å². The van der Waals surface area contributed by atoms with E-state index < -0.39 is 0 Å². The summed E-state index contributed by atoms with van der Waals surface area (Å²) in [7, 11) is 0. The maximum atomic E-state index is 6.01. The van der Waals surface area contributed by atoms with Gasteiger partial charge in [0, 0.05) is 18.0 Å². The third-order valence-corrected chi connectivity index (χ3v) is 2.76. The predicted molar refractivity (Wildman–Crippen MR) is 68.6 cm³/mol. The molecule has 0 fully saturated rings. The summed E-state index contributed by atoms with van der Waals surface area (Å²) < 4.78 is 5.22. The van der Waals surface area contributed by atoms with Crippen LogP contribution < -0.4 is 5.73 Å². The van der Waals surface area contributed by atoms with Gasteiger partial charge in [0.25, 0.3) is 0 Å². The zero-order valence-corrected chi connectivity index (χ0v) is 10.9. The Kier molecular flexibility index (Phi) is 3.72. The van der Waals surface area contributed by atoms with Crippen molar-refractivity contribution in [3.63, 3.8) is 0 Å². The van der Waals surface area contributed by atoms with Crippen molar-refractivity contribution < 1.29 is 4.52 Å². The van der Waals surface area contributed by atoms with Crippen LogP contribution in [0.25, 0.3) is 11.4 Å². The fraction of sp³-hybridized carbons (Fsp3) is 0.462. The van der Waals surface area contributed by atoms with Crippen LogP contribution in [-0.4, -0.2) is 15.1 Å². The standard InChI is InChI=1S/C13H18N4O/c1-8(2)6-11(14)13-16-12(17-18-13)10-7-15-5-4-9(10)3/h4-5,7-8,11H,6,14H2,1-3H3. The Balaban J connectivity index is 2.23. The smallest absolute Gasteiger partial charge is 0.243 e. The highest BCUT2D eigenvalue weighted by molar-refractivity contribution is 5.57. The maximum Gasteiger partial charge on any atom is 0.243 e. The molecule has 0 aromatic carbocycles. The third kappa shape index (κ3) is 2.73. The number of aromatic nitrogens is 3. The molecular formula is C13H18N4O. The van der Waals surface area contributed by atoms with Crippen LogP contribution in [0.5, 0.6) is 0 Å². The number of hydrogen-bond donors (Lipinski definition) is 1. The quantitative estimate of drug-likeness (QED) is 0.896. The van der Waals surface area contributed by atoms with Crippen LogP contribution in [0.4, 0.5) is 0 Å². The van der Waals surface area contributed by atoms with E-state index in [4.69, 9.17) is 10.3 Å². The fourth-order valence-corrected chi connectivity index (χ4v) is 1.80. The molecule has 2 N–H and O–H groups in total. The van der Waals surface area contributed by atoms with Gasteiger partial charge in [-0.15, -0.1) is 0 Å². The molecule has 2 rings (SSSR count). The maximum absolute atomic E-state index is 6.01.